The van der Waals surface area contributed by atoms with E-state index in [1.54, 1.807) is 0 Å². The summed E-state index contributed by atoms with van der Waals surface area (Å²) < 4.78 is 43.4. The van der Waals surface area contributed by atoms with Gasteiger partial charge < -0.3 is 9.64 Å². The van der Waals surface area contributed by atoms with Crippen LogP contribution in [0.3, 0.4) is 0 Å². The second kappa shape index (κ2) is 9.65. The Labute approximate surface area is 175 Å². The fourth-order valence-electron chi connectivity index (χ4n) is 3.98. The van der Waals surface area contributed by atoms with Gasteiger partial charge in [0.05, 0.1) is 12.0 Å². The average molecular weight is 419 g/mol. The Morgan fingerprint density at radius 3 is 2.03 bits per heavy atom. The maximum atomic E-state index is 12.6. The lowest BCUT2D eigenvalue weighted by Gasteiger charge is -2.28. The zero-order valence-corrected chi connectivity index (χ0v) is 17.4. The molecule has 2 aromatic rings. The Morgan fingerprint density at radius 2 is 1.50 bits per heavy atom. The monoisotopic (exact) mass is 419 g/mol. The Morgan fingerprint density at radius 1 is 0.933 bits per heavy atom. The molecule has 0 unspecified atom stereocenters. The summed E-state index contributed by atoms with van der Waals surface area (Å²) >= 11 is 0. The third-order valence-electron chi connectivity index (χ3n) is 5.55. The van der Waals surface area contributed by atoms with Crippen molar-refractivity contribution < 1.29 is 22.7 Å². The van der Waals surface area contributed by atoms with Gasteiger partial charge in [-0.2, -0.15) is 13.2 Å². The lowest BCUT2D eigenvalue weighted by Crippen LogP contribution is -2.24. The fraction of sp³-hybridized carbons (Fsp3) is 0.458. The van der Waals surface area contributed by atoms with E-state index in [1.807, 2.05) is 14.1 Å². The summed E-state index contributed by atoms with van der Waals surface area (Å²) in [5, 5.41) is 0. The van der Waals surface area contributed by atoms with Gasteiger partial charge in [0.25, 0.3) is 0 Å². The molecular formula is C24H28F3NO2. The van der Waals surface area contributed by atoms with Crippen LogP contribution in [0.25, 0.3) is 0 Å². The number of nitrogens with zero attached hydrogens (tertiary/aromatic N) is 1. The first-order valence-corrected chi connectivity index (χ1v) is 10.3. The van der Waals surface area contributed by atoms with E-state index in [2.05, 4.69) is 29.2 Å². The van der Waals surface area contributed by atoms with E-state index in [0.29, 0.717) is 11.5 Å². The predicted octanol–water partition coefficient (Wildman–Crippen LogP) is 5.58. The van der Waals surface area contributed by atoms with Crippen molar-refractivity contribution in [3.8, 4) is 0 Å². The van der Waals surface area contributed by atoms with Crippen molar-refractivity contribution in [2.75, 3.05) is 14.1 Å². The Kier molecular flexibility index (Phi) is 7.19. The number of esters is 1. The number of halogens is 3. The molecule has 1 saturated carbocycles. The number of ether oxygens (including phenoxy) is 1. The zero-order valence-electron chi connectivity index (χ0n) is 17.4. The largest absolute Gasteiger partial charge is 0.462 e. The Hall–Kier alpha value is -2.34. The minimum absolute atomic E-state index is 0.00853. The number of hydrogen-bond donors (Lipinski definition) is 0. The molecule has 162 valence electrons. The molecule has 0 amide bonds. The highest BCUT2D eigenvalue weighted by atomic mass is 19.4. The van der Waals surface area contributed by atoms with Gasteiger partial charge in [0.1, 0.15) is 6.10 Å². The highest BCUT2D eigenvalue weighted by Gasteiger charge is 2.30. The number of rotatable bonds is 6. The van der Waals surface area contributed by atoms with Crippen LogP contribution >= 0.6 is 0 Å². The van der Waals surface area contributed by atoms with E-state index in [-0.39, 0.29) is 18.5 Å². The summed E-state index contributed by atoms with van der Waals surface area (Å²) in [6, 6.07) is 13.4. The van der Waals surface area contributed by atoms with Crippen LogP contribution in [0.5, 0.6) is 0 Å². The Balaban J connectivity index is 1.45. The first kappa shape index (κ1) is 22.3. The van der Waals surface area contributed by atoms with Crippen LogP contribution in [0.4, 0.5) is 13.2 Å². The molecule has 0 atom stereocenters. The van der Waals surface area contributed by atoms with Gasteiger partial charge in [-0.25, -0.2) is 0 Å². The van der Waals surface area contributed by atoms with Crippen LogP contribution in [0.2, 0.25) is 0 Å². The summed E-state index contributed by atoms with van der Waals surface area (Å²) in [5.74, 6) is 0.0921. The molecule has 0 N–H and O–H groups in total. The molecule has 0 radical (unpaired) electrons. The molecule has 2 aromatic carbocycles. The van der Waals surface area contributed by atoms with Crippen LogP contribution < -0.4 is 0 Å². The molecule has 1 fully saturated rings. The minimum Gasteiger partial charge on any atom is -0.462 e. The molecule has 30 heavy (non-hydrogen) atoms. The van der Waals surface area contributed by atoms with Gasteiger partial charge in [-0.1, -0.05) is 36.4 Å². The van der Waals surface area contributed by atoms with E-state index >= 15 is 0 Å². The summed E-state index contributed by atoms with van der Waals surface area (Å²) in [7, 11) is 4.10. The van der Waals surface area contributed by atoms with E-state index < -0.39 is 11.7 Å². The molecule has 3 nitrogen and oxygen atoms in total. The first-order valence-electron chi connectivity index (χ1n) is 10.3. The second-order valence-electron chi connectivity index (χ2n) is 8.31. The predicted molar refractivity (Wildman–Crippen MR) is 110 cm³/mol. The van der Waals surface area contributed by atoms with E-state index in [9.17, 15) is 18.0 Å². The third kappa shape index (κ3) is 6.33. The lowest BCUT2D eigenvalue weighted by molar-refractivity contribution is -0.149. The van der Waals surface area contributed by atoms with E-state index in [1.165, 1.54) is 23.3 Å². The number of carbonyl (C=O) groups is 1. The molecule has 1 aliphatic rings. The smallest absolute Gasteiger partial charge is 0.416 e. The maximum Gasteiger partial charge on any atom is 0.416 e. The molecule has 0 bridgehead atoms. The summed E-state index contributed by atoms with van der Waals surface area (Å²) in [6.07, 6.45) is -0.950. The summed E-state index contributed by atoms with van der Waals surface area (Å²) in [6.45, 7) is 0.919. The summed E-state index contributed by atoms with van der Waals surface area (Å²) in [5.41, 5.74) is 2.42. The van der Waals surface area contributed by atoms with Crippen molar-refractivity contribution in [2.24, 2.45) is 0 Å². The topological polar surface area (TPSA) is 29.5 Å². The molecule has 1 aliphatic carbocycles. The highest BCUT2D eigenvalue weighted by Crippen LogP contribution is 2.34. The van der Waals surface area contributed by atoms with Crippen LogP contribution in [0, 0.1) is 0 Å². The van der Waals surface area contributed by atoms with Crippen LogP contribution in [-0.2, 0) is 28.7 Å². The molecule has 3 rings (SSSR count). The molecule has 0 aromatic heterocycles. The molecule has 0 aliphatic heterocycles. The average Bonchev–Trinajstić information content (AvgIpc) is 2.68. The van der Waals surface area contributed by atoms with Gasteiger partial charge in [0.15, 0.2) is 0 Å². The van der Waals surface area contributed by atoms with Gasteiger partial charge >= 0.3 is 12.1 Å². The molecule has 0 spiro atoms. The van der Waals surface area contributed by atoms with Crippen molar-refractivity contribution in [3.63, 3.8) is 0 Å². The molecular weight excluding hydrogens is 391 g/mol. The number of benzene rings is 2. The normalized spacial score (nSPS) is 19.7. The highest BCUT2D eigenvalue weighted by molar-refractivity contribution is 5.72. The molecule has 6 heteroatoms. The minimum atomic E-state index is -4.37. The quantitative estimate of drug-likeness (QED) is 0.573. The van der Waals surface area contributed by atoms with Crippen molar-refractivity contribution in [3.05, 3.63) is 70.8 Å². The van der Waals surface area contributed by atoms with Gasteiger partial charge in [0.2, 0.25) is 0 Å². The lowest BCUT2D eigenvalue weighted by atomic mass is 9.82. The van der Waals surface area contributed by atoms with E-state index in [0.717, 1.165) is 44.4 Å². The molecule has 0 heterocycles. The van der Waals surface area contributed by atoms with Crippen LogP contribution in [0.1, 0.15) is 53.9 Å². The van der Waals surface area contributed by atoms with Gasteiger partial charge in [-0.05, 0) is 74.5 Å². The van der Waals surface area contributed by atoms with Gasteiger partial charge in [0, 0.05) is 6.54 Å². The van der Waals surface area contributed by atoms with E-state index in [4.69, 9.17) is 4.74 Å². The Bertz CT molecular complexity index is 821. The van der Waals surface area contributed by atoms with Crippen LogP contribution in [-0.4, -0.2) is 31.1 Å². The second-order valence-corrected chi connectivity index (χ2v) is 8.31. The van der Waals surface area contributed by atoms with Gasteiger partial charge in [-0.15, -0.1) is 0 Å². The maximum absolute atomic E-state index is 12.6. The van der Waals surface area contributed by atoms with Crippen molar-refractivity contribution in [1.82, 2.24) is 4.90 Å². The SMILES string of the molecule is CN(C)Cc1ccc([C@H]2CC[C@H](OC(=O)Cc3ccc(C(F)(F)F)cc3)CC2)cc1. The van der Waals surface area contributed by atoms with Crippen molar-refractivity contribution in [1.29, 1.82) is 0 Å². The standard InChI is InChI=1S/C24H28F3NO2/c1-28(2)16-18-3-7-19(8-4-18)20-9-13-22(14-10-20)30-23(29)15-17-5-11-21(12-6-17)24(25,26)27/h3-8,11-12,20,22H,9-10,13-16H2,1-2H3/t20-,22-. The zero-order chi connectivity index (χ0) is 21.7. The van der Waals surface area contributed by atoms with Crippen molar-refractivity contribution in [2.45, 2.75) is 56.8 Å². The van der Waals surface area contributed by atoms with Crippen molar-refractivity contribution >= 4 is 5.97 Å². The number of hydrogen-bond acceptors (Lipinski definition) is 3. The first-order chi connectivity index (χ1) is 14.2. The fourth-order valence-corrected chi connectivity index (χ4v) is 3.98. The van der Waals surface area contributed by atoms with Crippen LogP contribution in [0.15, 0.2) is 48.5 Å². The number of alkyl halides is 3. The summed E-state index contributed by atoms with van der Waals surface area (Å²) in [4.78, 5) is 14.3. The molecule has 0 saturated heterocycles. The number of carbonyl (C=O) groups excluding carboxylic acids is 1. The third-order valence-corrected chi connectivity index (χ3v) is 5.55. The van der Waals surface area contributed by atoms with Gasteiger partial charge in [-0.3, -0.25) is 4.79 Å².